The Hall–Kier alpha value is -3.72. The van der Waals surface area contributed by atoms with Crippen LogP contribution in [0.15, 0.2) is 35.1 Å². The van der Waals surface area contributed by atoms with Gasteiger partial charge in [-0.1, -0.05) is 12.6 Å². The van der Waals surface area contributed by atoms with Crippen LogP contribution in [0.4, 0.5) is 29.2 Å². The Bertz CT molecular complexity index is 1400. The van der Waals surface area contributed by atoms with Crippen molar-refractivity contribution in [3.8, 4) is 5.75 Å². The quantitative estimate of drug-likeness (QED) is 0.383. The van der Waals surface area contributed by atoms with Crippen molar-refractivity contribution < 1.29 is 22.3 Å². The molecule has 1 unspecified atom stereocenters. The Morgan fingerprint density at radius 3 is 2.50 bits per heavy atom. The number of piperazine rings is 1. The van der Waals surface area contributed by atoms with Crippen LogP contribution in [0, 0.1) is 12.4 Å². The van der Waals surface area contributed by atoms with Crippen LogP contribution < -0.4 is 15.3 Å². The maximum absolute atomic E-state index is 14.8. The molecule has 190 valence electrons. The van der Waals surface area contributed by atoms with E-state index in [-0.39, 0.29) is 23.5 Å². The minimum atomic E-state index is -4.90. The number of hydrogen-bond donors (Lipinski definition) is 0. The van der Waals surface area contributed by atoms with Crippen LogP contribution in [0.5, 0.6) is 5.75 Å². The van der Waals surface area contributed by atoms with Gasteiger partial charge in [0.15, 0.2) is 5.82 Å². The number of nitrogens with zero attached hydrogens (tertiary/aromatic N) is 6. The van der Waals surface area contributed by atoms with Crippen molar-refractivity contribution in [2.75, 3.05) is 18.0 Å². The number of pyridine rings is 1. The van der Waals surface area contributed by atoms with E-state index in [0.29, 0.717) is 29.9 Å². The summed E-state index contributed by atoms with van der Waals surface area (Å²) in [4.78, 5) is 28.6. The minimum absolute atomic E-state index is 0.133. The topological polar surface area (TPSA) is 67.9 Å². The molecule has 4 rings (SSSR count). The predicted octanol–water partition coefficient (Wildman–Crippen LogP) is 4.58. The first-order chi connectivity index (χ1) is 16.9. The molecule has 3 aromatic rings. The molecule has 1 aromatic carbocycles. The normalized spacial score (nSPS) is 19.8. The van der Waals surface area contributed by atoms with E-state index in [2.05, 4.69) is 19.5 Å². The Kier molecular flexibility index (Phi) is 6.62. The molecule has 0 radical (unpaired) electrons. The van der Waals surface area contributed by atoms with E-state index >= 15 is 0 Å². The number of benzene rings is 1. The third-order valence-corrected chi connectivity index (χ3v) is 6.49. The lowest BCUT2D eigenvalue weighted by Crippen LogP contribution is -2.57. The van der Waals surface area contributed by atoms with Crippen LogP contribution in [-0.4, -0.2) is 51.0 Å². The molecular weight excluding hydrogens is 480 g/mol. The summed E-state index contributed by atoms with van der Waals surface area (Å²) in [6, 6.07) is 5.62. The van der Waals surface area contributed by atoms with Gasteiger partial charge >= 0.3 is 12.1 Å². The fraction of sp³-hybridized carbons (Fsp3) is 0.417. The van der Waals surface area contributed by atoms with E-state index in [1.807, 2.05) is 23.6 Å². The van der Waals surface area contributed by atoms with Crippen LogP contribution in [0.1, 0.15) is 32.4 Å². The summed E-state index contributed by atoms with van der Waals surface area (Å²) in [5.74, 6) is -0.839. The molecule has 0 bridgehead atoms. The van der Waals surface area contributed by atoms with Crippen LogP contribution in [0.25, 0.3) is 15.9 Å². The second-order valence-electron chi connectivity index (χ2n) is 8.88. The number of fused-ring (bicyclic) bond motifs is 1. The SMILES string of the molecule is [C-]#[N+]c1ccc2c(n1)c(N1C[C@@H](C)N(C(C)c3ccc(OC(F)(F)F)cc3F)C[C@@H]1C)nc(=O)n2C. The zero-order valence-corrected chi connectivity index (χ0v) is 20.0. The molecule has 3 heterocycles. The van der Waals surface area contributed by atoms with Crippen molar-refractivity contribution >= 4 is 22.7 Å². The molecule has 36 heavy (non-hydrogen) atoms. The first-order valence-corrected chi connectivity index (χ1v) is 11.2. The zero-order valence-electron chi connectivity index (χ0n) is 20.0. The number of hydrogen-bond acceptors (Lipinski definition) is 6. The standard InChI is InChI=1S/C24H24F4N6O2/c1-13-12-34(22-21-19(32(5)23(35)31-22)8-9-20(29-4)30-21)14(2)11-33(13)15(3)17-7-6-16(10-18(17)25)36-24(26,27)28/h6-10,13-15H,11-12H2,1-3,5H3/t13-,14+,15?/m1/s1. The lowest BCUT2D eigenvalue weighted by molar-refractivity contribution is -0.274. The second kappa shape index (κ2) is 9.39. The van der Waals surface area contributed by atoms with Crippen molar-refractivity contribution in [3.63, 3.8) is 0 Å². The van der Waals surface area contributed by atoms with Gasteiger partial charge in [0, 0.05) is 49.9 Å². The van der Waals surface area contributed by atoms with Crippen LogP contribution in [0.3, 0.4) is 0 Å². The van der Waals surface area contributed by atoms with Gasteiger partial charge in [0.25, 0.3) is 5.82 Å². The van der Waals surface area contributed by atoms with Crippen molar-refractivity contribution in [1.29, 1.82) is 0 Å². The van der Waals surface area contributed by atoms with Crippen LogP contribution in [0.2, 0.25) is 0 Å². The van der Waals surface area contributed by atoms with Crippen LogP contribution in [-0.2, 0) is 7.05 Å². The zero-order chi connectivity index (χ0) is 26.4. The smallest absolute Gasteiger partial charge is 0.406 e. The Labute approximate surface area is 204 Å². The van der Waals surface area contributed by atoms with Gasteiger partial charge in [-0.25, -0.2) is 9.18 Å². The highest BCUT2D eigenvalue weighted by Crippen LogP contribution is 2.34. The fourth-order valence-electron chi connectivity index (χ4n) is 4.67. The van der Waals surface area contributed by atoms with E-state index in [0.717, 1.165) is 12.1 Å². The number of aryl methyl sites for hydroxylation is 1. The van der Waals surface area contributed by atoms with Gasteiger partial charge in [0.1, 0.15) is 11.6 Å². The maximum Gasteiger partial charge on any atom is 0.573 e. The maximum atomic E-state index is 14.8. The summed E-state index contributed by atoms with van der Waals surface area (Å²) in [5, 5.41) is 0. The Morgan fingerprint density at radius 2 is 1.86 bits per heavy atom. The lowest BCUT2D eigenvalue weighted by Gasteiger charge is -2.47. The fourth-order valence-corrected chi connectivity index (χ4v) is 4.67. The molecule has 1 aliphatic rings. The monoisotopic (exact) mass is 504 g/mol. The van der Waals surface area contributed by atoms with E-state index in [9.17, 15) is 22.4 Å². The molecule has 0 saturated carbocycles. The molecule has 0 N–H and O–H groups in total. The van der Waals surface area contributed by atoms with Crippen LogP contribution >= 0.6 is 0 Å². The Morgan fingerprint density at radius 1 is 1.14 bits per heavy atom. The highest BCUT2D eigenvalue weighted by atomic mass is 19.4. The average Bonchev–Trinajstić information content (AvgIpc) is 2.81. The van der Waals surface area contributed by atoms with Gasteiger partial charge in [-0.3, -0.25) is 9.47 Å². The van der Waals surface area contributed by atoms with Gasteiger partial charge in [-0.05, 0) is 39.0 Å². The highest BCUT2D eigenvalue weighted by Gasteiger charge is 2.36. The summed E-state index contributed by atoms with van der Waals surface area (Å²) in [7, 11) is 1.59. The number of ether oxygens (including phenoxy) is 1. The van der Waals surface area contributed by atoms with Gasteiger partial charge in [-0.2, -0.15) is 4.98 Å². The number of rotatable bonds is 4. The summed E-state index contributed by atoms with van der Waals surface area (Å²) >= 11 is 0. The number of alkyl halides is 3. The number of halogens is 4. The average molecular weight is 504 g/mol. The third-order valence-electron chi connectivity index (χ3n) is 6.49. The first-order valence-electron chi connectivity index (χ1n) is 11.2. The first kappa shape index (κ1) is 25.4. The summed E-state index contributed by atoms with van der Waals surface area (Å²) in [5.41, 5.74) is 0.792. The van der Waals surface area contributed by atoms with E-state index in [4.69, 9.17) is 6.57 Å². The summed E-state index contributed by atoms with van der Waals surface area (Å²) < 4.78 is 57.4. The third kappa shape index (κ3) is 4.83. The number of aromatic nitrogens is 3. The molecule has 12 heteroatoms. The molecule has 0 amide bonds. The Balaban J connectivity index is 1.63. The van der Waals surface area contributed by atoms with Crippen molar-refractivity contribution in [1.82, 2.24) is 19.4 Å². The van der Waals surface area contributed by atoms with E-state index in [1.165, 1.54) is 10.6 Å². The van der Waals surface area contributed by atoms with Gasteiger partial charge in [0.2, 0.25) is 5.52 Å². The molecule has 0 spiro atoms. The predicted molar refractivity (Wildman–Crippen MR) is 126 cm³/mol. The van der Waals surface area contributed by atoms with E-state index < -0.39 is 29.7 Å². The van der Waals surface area contributed by atoms with Crippen molar-refractivity contribution in [3.05, 3.63) is 63.6 Å². The summed E-state index contributed by atoms with van der Waals surface area (Å²) in [6.45, 7) is 13.8. The molecule has 3 atom stereocenters. The molecule has 2 aromatic heterocycles. The van der Waals surface area contributed by atoms with Gasteiger partial charge < -0.3 is 14.5 Å². The van der Waals surface area contributed by atoms with Crippen molar-refractivity contribution in [2.24, 2.45) is 7.05 Å². The lowest BCUT2D eigenvalue weighted by atomic mass is 10.00. The number of anilines is 1. The molecule has 0 aliphatic carbocycles. The largest absolute Gasteiger partial charge is 0.573 e. The van der Waals surface area contributed by atoms with E-state index in [1.54, 1.807) is 26.1 Å². The summed E-state index contributed by atoms with van der Waals surface area (Å²) in [6.07, 6.45) is -4.90. The van der Waals surface area contributed by atoms with Gasteiger partial charge in [0.05, 0.1) is 5.52 Å². The molecule has 8 nitrogen and oxygen atoms in total. The van der Waals surface area contributed by atoms with Crippen molar-refractivity contribution in [2.45, 2.75) is 45.3 Å². The molecule has 1 saturated heterocycles. The highest BCUT2D eigenvalue weighted by molar-refractivity contribution is 5.87. The molecule has 1 fully saturated rings. The van der Waals surface area contributed by atoms with Gasteiger partial charge in [-0.15, -0.1) is 18.2 Å². The molecule has 1 aliphatic heterocycles. The molecular formula is C24H24F4N6O2. The minimum Gasteiger partial charge on any atom is -0.406 e. The second-order valence-corrected chi connectivity index (χ2v) is 8.88.